The molecule has 0 saturated heterocycles. The molecule has 0 aromatic heterocycles. The molecule has 0 fully saturated rings. The summed E-state index contributed by atoms with van der Waals surface area (Å²) >= 11 is 6.18. The number of benzene rings is 2. The first-order valence-corrected chi connectivity index (χ1v) is 7.45. The van der Waals surface area contributed by atoms with Crippen LogP contribution >= 0.6 is 11.6 Å². The summed E-state index contributed by atoms with van der Waals surface area (Å²) in [5.74, 6) is 0.382. The van der Waals surface area contributed by atoms with Crippen LogP contribution in [0.1, 0.15) is 36.0 Å². The molecular weight excluding hydrogens is 282 g/mol. The summed E-state index contributed by atoms with van der Waals surface area (Å²) in [6, 6.07) is 13.5. The molecule has 2 nitrogen and oxygen atoms in total. The topological polar surface area (TPSA) is 43.1 Å². The maximum atomic E-state index is 12.2. The van der Waals surface area contributed by atoms with Crippen LogP contribution in [0.5, 0.6) is 0 Å². The van der Waals surface area contributed by atoms with E-state index >= 15 is 0 Å². The number of anilines is 1. The number of rotatable bonds is 5. The standard InChI is InChI=1S/C18H20ClNO/c1-12-3-4-15(18(19)9-12)11-17(21)10-13(2)14-5-7-16(20)8-6-14/h3-9,13H,10-11,20H2,1-2H3. The summed E-state index contributed by atoms with van der Waals surface area (Å²) in [5, 5.41) is 0.670. The molecule has 21 heavy (non-hydrogen) atoms. The molecule has 2 N–H and O–H groups in total. The highest BCUT2D eigenvalue weighted by atomic mass is 35.5. The molecule has 0 aliphatic heterocycles. The number of halogens is 1. The lowest BCUT2D eigenvalue weighted by Crippen LogP contribution is -2.08. The van der Waals surface area contributed by atoms with E-state index in [1.54, 1.807) is 0 Å². The number of carbonyl (C=O) groups excluding carboxylic acids is 1. The third-order valence-corrected chi connectivity index (χ3v) is 3.99. The van der Waals surface area contributed by atoms with Gasteiger partial charge >= 0.3 is 0 Å². The third-order valence-electron chi connectivity index (χ3n) is 3.64. The van der Waals surface area contributed by atoms with E-state index in [1.165, 1.54) is 0 Å². The Morgan fingerprint density at radius 2 is 1.86 bits per heavy atom. The zero-order valence-electron chi connectivity index (χ0n) is 12.4. The number of aryl methyl sites for hydroxylation is 1. The Morgan fingerprint density at radius 1 is 1.19 bits per heavy atom. The van der Waals surface area contributed by atoms with Crippen molar-refractivity contribution in [2.45, 2.75) is 32.6 Å². The quantitative estimate of drug-likeness (QED) is 0.824. The van der Waals surface area contributed by atoms with E-state index in [-0.39, 0.29) is 11.7 Å². The lowest BCUT2D eigenvalue weighted by atomic mass is 9.93. The molecule has 3 heteroatoms. The maximum Gasteiger partial charge on any atom is 0.137 e. The van der Waals surface area contributed by atoms with Gasteiger partial charge in [-0.15, -0.1) is 0 Å². The van der Waals surface area contributed by atoms with Gasteiger partial charge in [-0.2, -0.15) is 0 Å². The molecule has 2 aromatic rings. The van der Waals surface area contributed by atoms with E-state index in [1.807, 2.05) is 49.4 Å². The highest BCUT2D eigenvalue weighted by molar-refractivity contribution is 6.31. The largest absolute Gasteiger partial charge is 0.399 e. The molecule has 110 valence electrons. The zero-order valence-corrected chi connectivity index (χ0v) is 13.2. The van der Waals surface area contributed by atoms with Gasteiger partial charge in [0.1, 0.15) is 5.78 Å². The van der Waals surface area contributed by atoms with Crippen LogP contribution in [0.4, 0.5) is 5.69 Å². The van der Waals surface area contributed by atoms with Gasteiger partial charge < -0.3 is 5.73 Å². The van der Waals surface area contributed by atoms with E-state index in [0.717, 1.165) is 22.4 Å². The molecule has 0 aliphatic carbocycles. The van der Waals surface area contributed by atoms with Crippen LogP contribution in [0.15, 0.2) is 42.5 Å². The van der Waals surface area contributed by atoms with Gasteiger partial charge in [-0.1, -0.05) is 42.8 Å². The second kappa shape index (κ2) is 6.77. The fourth-order valence-electron chi connectivity index (χ4n) is 2.36. The highest BCUT2D eigenvalue weighted by Crippen LogP contribution is 2.23. The normalized spacial score (nSPS) is 12.1. The van der Waals surface area contributed by atoms with Gasteiger partial charge in [0.05, 0.1) is 0 Å². The summed E-state index contributed by atoms with van der Waals surface area (Å²) in [6.45, 7) is 4.04. The van der Waals surface area contributed by atoms with E-state index in [0.29, 0.717) is 17.9 Å². The minimum Gasteiger partial charge on any atom is -0.399 e. The Labute approximate surface area is 130 Å². The summed E-state index contributed by atoms with van der Waals surface area (Å²) in [6.07, 6.45) is 0.895. The van der Waals surface area contributed by atoms with Crippen LogP contribution in [-0.4, -0.2) is 5.78 Å². The van der Waals surface area contributed by atoms with Crippen LogP contribution in [0, 0.1) is 6.92 Å². The maximum absolute atomic E-state index is 12.2. The van der Waals surface area contributed by atoms with E-state index < -0.39 is 0 Å². The van der Waals surface area contributed by atoms with Crippen LogP contribution in [0.3, 0.4) is 0 Å². The van der Waals surface area contributed by atoms with Crippen LogP contribution in [0.2, 0.25) is 5.02 Å². The second-order valence-corrected chi connectivity index (χ2v) is 5.99. The first-order chi connectivity index (χ1) is 9.95. The van der Waals surface area contributed by atoms with Crippen LogP contribution < -0.4 is 5.73 Å². The molecule has 2 aromatic carbocycles. The third kappa shape index (κ3) is 4.33. The van der Waals surface area contributed by atoms with Crippen molar-refractivity contribution in [1.82, 2.24) is 0 Å². The van der Waals surface area contributed by atoms with Gasteiger partial charge in [0.15, 0.2) is 0 Å². The lowest BCUT2D eigenvalue weighted by Gasteiger charge is -2.12. The molecule has 0 bridgehead atoms. The first kappa shape index (κ1) is 15.6. The van der Waals surface area contributed by atoms with E-state index in [4.69, 9.17) is 17.3 Å². The van der Waals surface area contributed by atoms with Gasteiger partial charge in [0.2, 0.25) is 0 Å². The zero-order chi connectivity index (χ0) is 15.4. The van der Waals surface area contributed by atoms with Gasteiger partial charge in [0, 0.05) is 23.6 Å². The van der Waals surface area contributed by atoms with E-state index in [2.05, 4.69) is 6.92 Å². The van der Waals surface area contributed by atoms with Crippen molar-refractivity contribution in [3.8, 4) is 0 Å². The van der Waals surface area contributed by atoms with Crippen molar-refractivity contribution in [2.24, 2.45) is 0 Å². The first-order valence-electron chi connectivity index (χ1n) is 7.08. The fraction of sp³-hybridized carbons (Fsp3) is 0.278. The summed E-state index contributed by atoms with van der Waals surface area (Å²) in [5.41, 5.74) is 9.55. The number of hydrogen-bond acceptors (Lipinski definition) is 2. The molecule has 1 atom stereocenters. The molecule has 0 heterocycles. The van der Waals surface area contributed by atoms with Crippen LogP contribution in [0.25, 0.3) is 0 Å². The molecular formula is C18H20ClNO. The number of hydrogen-bond donors (Lipinski definition) is 1. The summed E-state index contributed by atoms with van der Waals surface area (Å²) in [7, 11) is 0. The van der Waals surface area contributed by atoms with Crippen molar-refractivity contribution in [3.05, 3.63) is 64.2 Å². The van der Waals surface area contributed by atoms with Gasteiger partial charge in [-0.05, 0) is 47.7 Å². The lowest BCUT2D eigenvalue weighted by molar-refractivity contribution is -0.118. The Balaban J connectivity index is 1.99. The molecule has 0 amide bonds. The Bertz CT molecular complexity index is 634. The van der Waals surface area contributed by atoms with Crippen molar-refractivity contribution >= 4 is 23.1 Å². The minimum atomic E-state index is 0.183. The smallest absolute Gasteiger partial charge is 0.137 e. The number of nitrogens with two attached hydrogens (primary N) is 1. The number of nitrogen functional groups attached to an aromatic ring is 1. The predicted molar refractivity (Wildman–Crippen MR) is 88.8 cm³/mol. The molecule has 0 aliphatic rings. The Hall–Kier alpha value is -1.80. The minimum absolute atomic E-state index is 0.183. The Morgan fingerprint density at radius 3 is 2.48 bits per heavy atom. The average molecular weight is 302 g/mol. The average Bonchev–Trinajstić information content (AvgIpc) is 2.42. The van der Waals surface area contributed by atoms with Crippen LogP contribution in [-0.2, 0) is 11.2 Å². The number of Topliss-reactive ketones (excluding diaryl/α,β-unsaturated/α-hetero) is 1. The SMILES string of the molecule is Cc1ccc(CC(=O)CC(C)c2ccc(N)cc2)c(Cl)c1. The number of carbonyl (C=O) groups is 1. The van der Waals surface area contributed by atoms with Crippen molar-refractivity contribution < 1.29 is 4.79 Å². The highest BCUT2D eigenvalue weighted by Gasteiger charge is 2.13. The predicted octanol–water partition coefficient (Wildman–Crippen LogP) is 4.54. The molecule has 2 rings (SSSR count). The summed E-state index contributed by atoms with van der Waals surface area (Å²) < 4.78 is 0. The molecule has 0 spiro atoms. The Kier molecular flexibility index (Phi) is 5.03. The number of ketones is 1. The molecule has 0 saturated carbocycles. The monoisotopic (exact) mass is 301 g/mol. The molecule has 1 unspecified atom stereocenters. The van der Waals surface area contributed by atoms with Crippen molar-refractivity contribution in [2.75, 3.05) is 5.73 Å². The van der Waals surface area contributed by atoms with Gasteiger partial charge in [0.25, 0.3) is 0 Å². The molecule has 0 radical (unpaired) electrons. The second-order valence-electron chi connectivity index (χ2n) is 5.58. The summed E-state index contributed by atoms with van der Waals surface area (Å²) in [4.78, 5) is 12.2. The van der Waals surface area contributed by atoms with Gasteiger partial charge in [-0.3, -0.25) is 4.79 Å². The van der Waals surface area contributed by atoms with Crippen molar-refractivity contribution in [1.29, 1.82) is 0 Å². The van der Waals surface area contributed by atoms with Crippen molar-refractivity contribution in [3.63, 3.8) is 0 Å². The van der Waals surface area contributed by atoms with E-state index in [9.17, 15) is 4.79 Å². The van der Waals surface area contributed by atoms with Gasteiger partial charge in [-0.25, -0.2) is 0 Å². The fourth-order valence-corrected chi connectivity index (χ4v) is 2.67.